The fourth-order valence-corrected chi connectivity index (χ4v) is 7.20. The zero-order valence-electron chi connectivity index (χ0n) is 18.8. The number of rotatable bonds is 3. The molecule has 0 aromatic heterocycles. The lowest BCUT2D eigenvalue weighted by Crippen LogP contribution is -2.53. The second-order valence-electron chi connectivity index (χ2n) is 9.10. The van der Waals surface area contributed by atoms with Gasteiger partial charge in [-0.2, -0.15) is 0 Å². The first-order chi connectivity index (χ1) is 15.8. The van der Waals surface area contributed by atoms with E-state index in [9.17, 15) is 18.0 Å². The molecule has 2 amide bonds. The maximum Gasteiger partial charge on any atom is 0.257 e. The molecule has 4 heterocycles. The van der Waals surface area contributed by atoms with E-state index in [0.29, 0.717) is 56.0 Å². The Labute approximate surface area is 198 Å². The van der Waals surface area contributed by atoms with Crippen molar-refractivity contribution < 1.29 is 18.0 Å². The lowest BCUT2D eigenvalue weighted by atomic mass is 10.0. The van der Waals surface area contributed by atoms with Crippen LogP contribution in [0, 0.1) is 0 Å². The summed E-state index contributed by atoms with van der Waals surface area (Å²) in [5.41, 5.74) is 1.50. The van der Waals surface area contributed by atoms with Crippen molar-refractivity contribution in [1.82, 2.24) is 14.7 Å². The van der Waals surface area contributed by atoms with Crippen molar-refractivity contribution in [3.63, 3.8) is 0 Å². The van der Waals surface area contributed by atoms with Crippen LogP contribution in [0.2, 0.25) is 0 Å². The summed E-state index contributed by atoms with van der Waals surface area (Å²) in [6, 6.07) is 5.84. The number of benzene rings is 1. The largest absolute Gasteiger partial charge is 0.339 e. The molecule has 0 spiro atoms. The Bertz CT molecular complexity index is 1100. The Morgan fingerprint density at radius 2 is 1.88 bits per heavy atom. The highest BCUT2D eigenvalue weighted by Gasteiger charge is 2.34. The second-order valence-corrected chi connectivity index (χ2v) is 11.9. The third-order valence-electron chi connectivity index (χ3n) is 6.86. The lowest BCUT2D eigenvalue weighted by Gasteiger charge is -2.38. The average Bonchev–Trinajstić information content (AvgIpc) is 3.14. The first kappa shape index (κ1) is 22.7. The van der Waals surface area contributed by atoms with Crippen molar-refractivity contribution >= 4 is 44.5 Å². The van der Waals surface area contributed by atoms with Crippen molar-refractivity contribution in [3.8, 4) is 0 Å². The van der Waals surface area contributed by atoms with Crippen LogP contribution in [0.15, 0.2) is 27.5 Å². The maximum atomic E-state index is 13.1. The first-order valence-corrected chi connectivity index (χ1v) is 14.0. The van der Waals surface area contributed by atoms with Crippen molar-refractivity contribution in [2.24, 2.45) is 4.40 Å². The minimum atomic E-state index is -3.40. The summed E-state index contributed by atoms with van der Waals surface area (Å²) in [6.07, 6.45) is 3.35. The van der Waals surface area contributed by atoms with E-state index < -0.39 is 10.0 Å². The van der Waals surface area contributed by atoms with Gasteiger partial charge in [0, 0.05) is 55.8 Å². The predicted molar refractivity (Wildman–Crippen MR) is 128 cm³/mol. The van der Waals surface area contributed by atoms with Crippen LogP contribution in [-0.2, 0) is 14.8 Å². The number of hydrogen-bond acceptors (Lipinski definition) is 7. The van der Waals surface area contributed by atoms with Crippen LogP contribution in [0.1, 0.15) is 36.5 Å². The lowest BCUT2D eigenvalue weighted by molar-refractivity contribution is -0.136. The number of amidine groups is 1. The molecule has 2 saturated heterocycles. The van der Waals surface area contributed by atoms with Gasteiger partial charge < -0.3 is 14.7 Å². The van der Waals surface area contributed by atoms with Crippen LogP contribution in [0.3, 0.4) is 0 Å². The summed E-state index contributed by atoms with van der Waals surface area (Å²) in [7, 11) is -3.40. The normalized spacial score (nSPS) is 24.8. The van der Waals surface area contributed by atoms with Crippen LogP contribution in [0.25, 0.3) is 0 Å². The van der Waals surface area contributed by atoms with Gasteiger partial charge in [0.2, 0.25) is 5.91 Å². The van der Waals surface area contributed by atoms with Crippen molar-refractivity contribution in [2.75, 3.05) is 56.5 Å². The van der Waals surface area contributed by atoms with Gasteiger partial charge in [-0.25, -0.2) is 8.42 Å². The van der Waals surface area contributed by atoms with E-state index in [1.807, 2.05) is 26.8 Å². The molecule has 0 N–H and O–H groups in total. The van der Waals surface area contributed by atoms with E-state index in [-0.39, 0.29) is 17.6 Å². The molecule has 178 valence electrons. The Kier molecular flexibility index (Phi) is 6.13. The molecule has 11 heteroatoms. The van der Waals surface area contributed by atoms with Gasteiger partial charge >= 0.3 is 0 Å². The Morgan fingerprint density at radius 1 is 1.09 bits per heavy atom. The van der Waals surface area contributed by atoms with Crippen LogP contribution >= 0.6 is 11.8 Å². The highest BCUT2D eigenvalue weighted by Crippen LogP contribution is 2.42. The molecule has 4 aliphatic rings. The molecular formula is C22H29N5O4S2. The Hall–Kier alpha value is -2.11. The minimum absolute atomic E-state index is 0.000630. The summed E-state index contributed by atoms with van der Waals surface area (Å²) in [5, 5.41) is 0.460. The monoisotopic (exact) mass is 491 g/mol. The summed E-state index contributed by atoms with van der Waals surface area (Å²) < 4.78 is 27.5. The van der Waals surface area contributed by atoms with Crippen molar-refractivity contribution in [2.45, 2.75) is 37.1 Å². The topological polar surface area (TPSA) is 93.6 Å². The average molecular weight is 492 g/mol. The van der Waals surface area contributed by atoms with Gasteiger partial charge in [-0.3, -0.25) is 14.5 Å². The molecule has 1 unspecified atom stereocenters. The third kappa shape index (κ3) is 4.63. The highest BCUT2D eigenvalue weighted by atomic mass is 32.2. The van der Waals surface area contributed by atoms with E-state index >= 15 is 0 Å². The number of nitrogens with zero attached hydrogens (tertiary/aromatic N) is 5. The van der Waals surface area contributed by atoms with E-state index in [2.05, 4.69) is 16.2 Å². The maximum absolute atomic E-state index is 13.1. The molecule has 5 rings (SSSR count). The molecule has 0 saturated carbocycles. The number of piperazine rings is 1. The molecule has 1 atom stereocenters. The van der Waals surface area contributed by atoms with Gasteiger partial charge in [-0.05, 0) is 56.1 Å². The standard InChI is InChI=1S/C22H29N5O4S2/c1-16-4-2-3-7-26(16)20(28)15-24-8-10-25(11-9-24)21(29)17-5-6-18-19(14-17)32-22-23-33(30,31)13-12-27(18)22/h5-6,14,16H,2-4,7-13,15H2,1H3. The number of fused-ring (bicyclic) bond motifs is 3. The van der Waals surface area contributed by atoms with Crippen LogP contribution in [0.5, 0.6) is 0 Å². The minimum Gasteiger partial charge on any atom is -0.339 e. The van der Waals surface area contributed by atoms with Gasteiger partial charge in [-0.1, -0.05) is 0 Å². The molecule has 1 aromatic carbocycles. The molecule has 4 aliphatic heterocycles. The summed E-state index contributed by atoms with van der Waals surface area (Å²) >= 11 is 1.30. The van der Waals surface area contributed by atoms with E-state index in [1.54, 1.807) is 6.07 Å². The molecule has 0 bridgehead atoms. The number of carbonyl (C=O) groups is 2. The van der Waals surface area contributed by atoms with Crippen LogP contribution < -0.4 is 4.90 Å². The number of amides is 2. The SMILES string of the molecule is CC1CCCCN1C(=O)CN1CCN(C(=O)c2ccc3c(c2)SC2=NS(=O)(=O)CCN23)CC1. The van der Waals surface area contributed by atoms with E-state index in [4.69, 9.17) is 0 Å². The predicted octanol–water partition coefficient (Wildman–Crippen LogP) is 1.46. The molecule has 1 aromatic rings. The number of hydrogen-bond donors (Lipinski definition) is 0. The third-order valence-corrected chi connectivity index (χ3v) is 9.17. The summed E-state index contributed by atoms with van der Waals surface area (Å²) in [5.74, 6) is 0.160. The quantitative estimate of drug-likeness (QED) is 0.632. The number of likely N-dealkylation sites (tertiary alicyclic amines) is 1. The Morgan fingerprint density at radius 3 is 2.64 bits per heavy atom. The second kappa shape index (κ2) is 8.92. The smallest absolute Gasteiger partial charge is 0.257 e. The fourth-order valence-electron chi connectivity index (χ4n) is 4.91. The zero-order valence-corrected chi connectivity index (χ0v) is 20.4. The van der Waals surface area contributed by atoms with Gasteiger partial charge in [0.25, 0.3) is 15.9 Å². The number of piperidine rings is 1. The summed E-state index contributed by atoms with van der Waals surface area (Å²) in [6.45, 7) is 6.31. The molecule has 9 nitrogen and oxygen atoms in total. The molecule has 2 fully saturated rings. The molecule has 0 radical (unpaired) electrons. The Balaban J connectivity index is 1.19. The van der Waals surface area contributed by atoms with Gasteiger partial charge in [0.15, 0.2) is 5.17 Å². The van der Waals surface area contributed by atoms with E-state index in [1.165, 1.54) is 18.2 Å². The number of carbonyl (C=O) groups excluding carboxylic acids is 2. The van der Waals surface area contributed by atoms with Crippen molar-refractivity contribution in [3.05, 3.63) is 23.8 Å². The van der Waals surface area contributed by atoms with Crippen LogP contribution in [-0.4, -0.2) is 97.7 Å². The highest BCUT2D eigenvalue weighted by molar-refractivity contribution is 8.15. The first-order valence-electron chi connectivity index (χ1n) is 11.5. The molecule has 33 heavy (non-hydrogen) atoms. The van der Waals surface area contributed by atoms with Crippen LogP contribution in [0.4, 0.5) is 5.69 Å². The summed E-state index contributed by atoms with van der Waals surface area (Å²) in [4.78, 5) is 34.6. The van der Waals surface area contributed by atoms with E-state index in [0.717, 1.165) is 30.0 Å². The van der Waals surface area contributed by atoms with Gasteiger partial charge in [0.1, 0.15) is 0 Å². The number of thioether (sulfide) groups is 1. The number of sulfonamides is 1. The van der Waals surface area contributed by atoms with Crippen molar-refractivity contribution in [1.29, 1.82) is 0 Å². The number of anilines is 1. The van der Waals surface area contributed by atoms with Gasteiger partial charge in [-0.15, -0.1) is 4.40 Å². The van der Waals surface area contributed by atoms with Gasteiger partial charge in [0.05, 0.1) is 18.0 Å². The molecular weight excluding hydrogens is 462 g/mol. The zero-order chi connectivity index (χ0) is 23.2. The molecule has 0 aliphatic carbocycles. The fraction of sp³-hybridized carbons (Fsp3) is 0.591.